The second kappa shape index (κ2) is 25.6. The molecule has 33 nitrogen and oxygen atoms in total. The zero-order valence-corrected chi connectivity index (χ0v) is 38.0. The van der Waals surface area contributed by atoms with Crippen molar-refractivity contribution in [3.8, 4) is 0 Å². The van der Waals surface area contributed by atoms with Crippen LogP contribution in [0.2, 0.25) is 0 Å². The van der Waals surface area contributed by atoms with Crippen molar-refractivity contribution in [2.75, 3.05) is 39.6 Å². The van der Waals surface area contributed by atoms with E-state index in [1.807, 2.05) is 0 Å². The zero-order chi connectivity index (χ0) is 53.2. The van der Waals surface area contributed by atoms with Crippen LogP contribution in [0.3, 0.4) is 0 Å². The fourth-order valence-corrected chi connectivity index (χ4v) is 9.09. The molecular weight excluding hydrogens is 994 g/mol. The maximum atomic E-state index is 12.4. The third-order valence-electron chi connectivity index (χ3n) is 13.2. The van der Waals surface area contributed by atoms with Crippen molar-refractivity contribution in [1.29, 1.82) is 0 Å². The largest absolute Gasteiger partial charge is 0.394 e. The van der Waals surface area contributed by atoms with Crippen LogP contribution in [0.1, 0.15) is 6.92 Å². The normalized spacial score (nSPS) is 50.8. The third kappa shape index (κ3) is 12.3. The van der Waals surface area contributed by atoms with Crippen LogP contribution < -0.4 is 5.32 Å². The molecule has 33 heteroatoms. The topological polar surface area (TPSA) is 535 Å². The molecule has 0 radical (unpaired) electrons. The highest BCUT2D eigenvalue weighted by Crippen LogP contribution is 2.38. The molecule has 420 valence electrons. The van der Waals surface area contributed by atoms with Gasteiger partial charge in [-0.25, -0.2) is 0 Å². The number of amides is 1. The van der Waals surface area contributed by atoms with Crippen LogP contribution >= 0.6 is 0 Å². The quantitative estimate of drug-likeness (QED) is 0.0606. The molecule has 6 aliphatic rings. The average molecular weight is 1060 g/mol. The molecule has 0 saturated carbocycles. The van der Waals surface area contributed by atoms with Gasteiger partial charge in [-0.05, 0) is 0 Å². The van der Waals surface area contributed by atoms with E-state index in [-0.39, 0.29) is 0 Å². The van der Waals surface area contributed by atoms with Crippen LogP contribution in [0.5, 0.6) is 0 Å². The van der Waals surface area contributed by atoms with Crippen molar-refractivity contribution in [2.24, 2.45) is 0 Å². The van der Waals surface area contributed by atoms with E-state index in [1.54, 1.807) is 0 Å². The van der Waals surface area contributed by atoms with Crippen LogP contribution in [0, 0.1) is 0 Å². The van der Waals surface area contributed by atoms with Crippen LogP contribution in [-0.4, -0.2) is 338 Å². The first-order valence-corrected chi connectivity index (χ1v) is 22.7. The Morgan fingerprint density at radius 3 is 1.32 bits per heavy atom. The van der Waals surface area contributed by atoms with Crippen molar-refractivity contribution in [1.82, 2.24) is 5.32 Å². The maximum Gasteiger partial charge on any atom is 0.217 e. The number of hydrogen-bond donors (Lipinski definition) is 21. The van der Waals surface area contributed by atoms with Gasteiger partial charge in [0.05, 0.1) is 39.6 Å². The van der Waals surface area contributed by atoms with Gasteiger partial charge in [-0.15, -0.1) is 0 Å². The van der Waals surface area contributed by atoms with Gasteiger partial charge in [-0.2, -0.15) is 0 Å². The maximum absolute atomic E-state index is 12.4. The number of aliphatic hydroxyl groups excluding tert-OH is 20. The minimum absolute atomic E-state index is 0.847. The smallest absolute Gasteiger partial charge is 0.217 e. The van der Waals surface area contributed by atoms with Crippen molar-refractivity contribution in [2.45, 2.75) is 197 Å². The highest BCUT2D eigenvalue weighted by atomic mass is 16.8. The van der Waals surface area contributed by atoms with E-state index in [0.717, 1.165) is 6.92 Å². The molecule has 1 amide bonds. The summed E-state index contributed by atoms with van der Waals surface area (Å²) in [6.07, 6.45) is -61.8. The molecule has 6 heterocycles. The van der Waals surface area contributed by atoms with Gasteiger partial charge in [0.15, 0.2) is 37.7 Å². The number of nitrogens with one attached hydrogen (secondary N) is 1. The number of aliphatic hydroxyl groups is 20. The van der Waals surface area contributed by atoms with Crippen LogP contribution in [0.15, 0.2) is 0 Å². The van der Waals surface area contributed by atoms with Crippen molar-refractivity contribution < 1.29 is 159 Å². The van der Waals surface area contributed by atoms with E-state index in [2.05, 4.69) is 5.32 Å². The Balaban J connectivity index is 1.41. The molecule has 31 atom stereocenters. The second-order valence-corrected chi connectivity index (χ2v) is 18.0. The highest BCUT2D eigenvalue weighted by molar-refractivity contribution is 5.73. The summed E-state index contributed by atoms with van der Waals surface area (Å²) in [4.78, 5) is 12.4. The van der Waals surface area contributed by atoms with E-state index >= 15 is 0 Å². The molecule has 0 aliphatic carbocycles. The molecule has 6 fully saturated rings. The molecule has 0 bridgehead atoms. The fourth-order valence-electron chi connectivity index (χ4n) is 9.09. The van der Waals surface area contributed by atoms with Gasteiger partial charge >= 0.3 is 0 Å². The number of hydrogen-bond acceptors (Lipinski definition) is 32. The molecule has 0 aromatic rings. The van der Waals surface area contributed by atoms with E-state index in [0.29, 0.717) is 0 Å². The van der Waals surface area contributed by atoms with Gasteiger partial charge in [0.2, 0.25) is 5.91 Å². The SMILES string of the molecule is CC(=O)N[C@H]1[C@@H](O[C@H]2[C@@H](O)[C@@H](CO)O[C@H](O[C@@H]3[C@@H](O)[C@@H](O[C@H]4[C@H](O)[C@@H]([C@@H](O)CO)O[C@H](O)[C@H]4O)O[C@H](CO)[C@H]3O)[C@@H]2O[C@H]2O[C@H](CO)[C@@H](O)[C@H](O)[C@H]2O[C@H]2O[C@H](CO)[C@@H](O)[C@H](O)[C@H]2O)O[C@H](CO)[C@@H](O)[C@@H]1O. The molecule has 21 N–H and O–H groups in total. The predicted molar refractivity (Wildman–Crippen MR) is 217 cm³/mol. The summed E-state index contributed by atoms with van der Waals surface area (Å²) in [6.45, 7) is -5.29. The number of ether oxygens (including phenoxy) is 11. The monoisotopic (exact) mass is 1060 g/mol. The molecule has 0 spiro atoms. The Morgan fingerprint density at radius 2 is 0.792 bits per heavy atom. The Kier molecular flexibility index (Phi) is 21.1. The Morgan fingerprint density at radius 1 is 0.403 bits per heavy atom. The second-order valence-electron chi connectivity index (χ2n) is 18.0. The Bertz CT molecular complexity index is 1680. The summed E-state index contributed by atoms with van der Waals surface area (Å²) >= 11 is 0. The summed E-state index contributed by atoms with van der Waals surface area (Å²) in [6, 6.07) is -1.76. The van der Waals surface area contributed by atoms with Gasteiger partial charge in [0, 0.05) is 6.92 Å². The van der Waals surface area contributed by atoms with Crippen LogP contribution in [0.4, 0.5) is 0 Å². The van der Waals surface area contributed by atoms with E-state index in [9.17, 15) is 107 Å². The lowest BCUT2D eigenvalue weighted by atomic mass is 9.94. The number of carbonyl (C=O) groups is 1. The first-order chi connectivity index (χ1) is 34.1. The Hall–Kier alpha value is -1.77. The zero-order valence-electron chi connectivity index (χ0n) is 38.0. The summed E-state index contributed by atoms with van der Waals surface area (Å²) in [5.74, 6) is -0.847. The van der Waals surface area contributed by atoms with Crippen molar-refractivity contribution in [3.05, 3.63) is 0 Å². The van der Waals surface area contributed by atoms with Crippen molar-refractivity contribution in [3.63, 3.8) is 0 Å². The fraction of sp³-hybridized carbons (Fsp3) is 0.974. The predicted octanol–water partition coefficient (Wildman–Crippen LogP) is -14.6. The standard InChI is InChI=1S/C39H67NO32/c1-8(47)40-15-21(54)16(49)10(3-42)62-35(15)70-31-20(53)14(7-46)66-39(33(31)72-38-32(23(56)18(51)12(5-44)65-38)71-36-24(57)22(55)17(50)11(4-43)63-36)69-29-19(52)13(6-45)64-37(27(29)60)68-30-25(58)28(9(48)2-41)67-34(61)26(30)59/h9-39,41-46,48-61H,2-7H2,1H3,(H,40,47)/t9-,10+,11+,12+,13+,14+,15+,16+,17+,18+,19+,20-,21+,22-,23-,24+,25+,26-,27+,28+,29-,30-,31-,32+,33+,34-,35+,36+,37+,38+,39+/m0/s1. The van der Waals surface area contributed by atoms with E-state index in [1.165, 1.54) is 0 Å². The van der Waals surface area contributed by atoms with Gasteiger partial charge in [0.25, 0.3) is 0 Å². The highest BCUT2D eigenvalue weighted by Gasteiger charge is 2.59. The molecule has 72 heavy (non-hydrogen) atoms. The molecule has 6 aliphatic heterocycles. The average Bonchev–Trinajstić information content (AvgIpc) is 3.36. The molecule has 6 saturated heterocycles. The summed E-state index contributed by atoms with van der Waals surface area (Å²) in [7, 11) is 0. The summed E-state index contributed by atoms with van der Waals surface area (Å²) in [5, 5.41) is 216. The van der Waals surface area contributed by atoms with Crippen LogP contribution in [0.25, 0.3) is 0 Å². The molecule has 0 aromatic carbocycles. The summed E-state index contributed by atoms with van der Waals surface area (Å²) < 4.78 is 63.2. The molecule has 6 rings (SSSR count). The number of carbonyl (C=O) groups excluding carboxylic acids is 1. The summed E-state index contributed by atoms with van der Waals surface area (Å²) in [5.41, 5.74) is 0. The van der Waals surface area contributed by atoms with E-state index in [4.69, 9.17) is 52.1 Å². The minimum Gasteiger partial charge on any atom is -0.394 e. The third-order valence-corrected chi connectivity index (χ3v) is 13.2. The minimum atomic E-state index is -2.36. The van der Waals surface area contributed by atoms with Crippen molar-refractivity contribution >= 4 is 5.91 Å². The first kappa shape index (κ1) is 59.5. The molecule has 0 unspecified atom stereocenters. The number of rotatable bonds is 18. The van der Waals surface area contributed by atoms with Gasteiger partial charge in [-0.1, -0.05) is 0 Å². The lowest BCUT2D eigenvalue weighted by molar-refractivity contribution is -0.415. The first-order valence-electron chi connectivity index (χ1n) is 22.7. The van der Waals surface area contributed by atoms with E-state index < -0.39 is 236 Å². The van der Waals surface area contributed by atoms with Gasteiger partial charge in [-0.3, -0.25) is 4.79 Å². The lowest BCUT2D eigenvalue weighted by Crippen LogP contribution is -2.70. The van der Waals surface area contributed by atoms with Gasteiger partial charge < -0.3 is 160 Å². The molecular formula is C39H67NO32. The van der Waals surface area contributed by atoms with Gasteiger partial charge in [0.1, 0.15) is 153 Å². The van der Waals surface area contributed by atoms with Crippen LogP contribution in [-0.2, 0) is 56.9 Å². The molecule has 0 aromatic heterocycles. The Labute approximate surface area is 406 Å². The lowest BCUT2D eigenvalue weighted by Gasteiger charge is -2.52.